The maximum atomic E-state index is 15.8. The van der Waals surface area contributed by atoms with Gasteiger partial charge in [0.1, 0.15) is 24.1 Å². The number of methoxy groups -OCH3 is 2. The van der Waals surface area contributed by atoms with Crippen molar-refractivity contribution in [2.45, 2.75) is 19.6 Å². The highest BCUT2D eigenvalue weighted by Gasteiger charge is 2.18. The number of benzene rings is 3. The highest BCUT2D eigenvalue weighted by atomic mass is 19.1. The Labute approximate surface area is 274 Å². The van der Waals surface area contributed by atoms with Crippen LogP contribution < -0.4 is 4.74 Å². The molecule has 0 saturated heterocycles. The first-order valence-corrected chi connectivity index (χ1v) is 14.9. The molecule has 6 rings (SSSR count). The maximum absolute atomic E-state index is 15.8. The summed E-state index contributed by atoms with van der Waals surface area (Å²) in [4.78, 5) is 21.5. The van der Waals surface area contributed by atoms with Gasteiger partial charge in [-0.15, -0.1) is 0 Å². The summed E-state index contributed by atoms with van der Waals surface area (Å²) < 4.78 is 50.0. The van der Waals surface area contributed by atoms with Crippen molar-refractivity contribution in [3.05, 3.63) is 119 Å². The molecule has 0 atom stereocenters. The number of halogens is 2. The summed E-state index contributed by atoms with van der Waals surface area (Å²) in [5.74, 6) is -0.662. The number of ether oxygens (including phenoxy) is 3. The first-order valence-electron chi connectivity index (χ1n) is 14.9. The second kappa shape index (κ2) is 13.8. The number of carbonyl (C=O) groups excluding carboxylic acids is 1. The molecule has 48 heavy (non-hydrogen) atoms. The van der Waals surface area contributed by atoms with Gasteiger partial charge in [-0.3, -0.25) is 4.68 Å². The Bertz CT molecular complexity index is 2190. The molecule has 0 bridgehead atoms. The van der Waals surface area contributed by atoms with Crippen LogP contribution in [-0.2, 0) is 36.1 Å². The number of carbonyl (C=O) groups is 1. The minimum atomic E-state index is -0.560. The smallest absolute Gasteiger partial charge is 0.337 e. The van der Waals surface area contributed by atoms with E-state index in [4.69, 9.17) is 24.5 Å². The number of nitrogens with zero attached hydrogens (tertiary/aromatic N) is 6. The number of nitriles is 1. The minimum Gasteiger partial charge on any atom is -0.473 e. The second-order valence-corrected chi connectivity index (χ2v) is 11.0. The lowest BCUT2D eigenvalue weighted by atomic mass is 10.0. The molecular weight excluding hydrogens is 618 g/mol. The Kier molecular flexibility index (Phi) is 9.22. The fourth-order valence-corrected chi connectivity index (χ4v) is 5.35. The van der Waals surface area contributed by atoms with E-state index in [1.807, 2.05) is 22.9 Å². The van der Waals surface area contributed by atoms with E-state index < -0.39 is 17.6 Å². The molecule has 0 aliphatic rings. The maximum Gasteiger partial charge on any atom is 0.337 e. The fourth-order valence-electron chi connectivity index (χ4n) is 5.35. The third kappa shape index (κ3) is 6.77. The molecule has 242 valence electrons. The van der Waals surface area contributed by atoms with Crippen molar-refractivity contribution in [3.8, 4) is 34.3 Å². The summed E-state index contributed by atoms with van der Waals surface area (Å²) >= 11 is 0. The highest BCUT2D eigenvalue weighted by molar-refractivity contribution is 5.93. The first kappa shape index (κ1) is 32.0. The molecule has 12 heteroatoms. The van der Waals surface area contributed by atoms with Gasteiger partial charge < -0.3 is 18.8 Å². The van der Waals surface area contributed by atoms with Crippen molar-refractivity contribution in [3.63, 3.8) is 0 Å². The SMILES string of the molecule is COCCn1c(Cc2ccc(-c3cc(-c4cnn(C)c4)cc(OCc4ccc(C#N)cc4F)n3)cc2F)nc2ccc(C(=O)OC)cc21. The molecule has 0 fully saturated rings. The average Bonchev–Trinajstić information content (AvgIpc) is 3.69. The molecule has 0 aliphatic carbocycles. The summed E-state index contributed by atoms with van der Waals surface area (Å²) in [7, 11) is 4.71. The van der Waals surface area contributed by atoms with E-state index in [0.717, 1.165) is 17.2 Å². The molecule has 0 saturated carbocycles. The molecule has 10 nitrogen and oxygen atoms in total. The van der Waals surface area contributed by atoms with E-state index in [9.17, 15) is 9.18 Å². The summed E-state index contributed by atoms with van der Waals surface area (Å²) in [5.41, 5.74) is 5.12. The molecule has 0 aliphatic heterocycles. The largest absolute Gasteiger partial charge is 0.473 e. The predicted molar refractivity (Wildman–Crippen MR) is 173 cm³/mol. The first-order chi connectivity index (χ1) is 23.3. The number of aryl methyl sites for hydroxylation is 1. The van der Waals surface area contributed by atoms with Crippen LogP contribution in [0.3, 0.4) is 0 Å². The molecule has 3 aromatic carbocycles. The Morgan fingerprint density at radius 3 is 2.44 bits per heavy atom. The van der Waals surface area contributed by atoms with Gasteiger partial charge in [-0.1, -0.05) is 18.2 Å². The van der Waals surface area contributed by atoms with Crippen molar-refractivity contribution in [2.75, 3.05) is 20.8 Å². The quantitative estimate of drug-likeness (QED) is 0.151. The van der Waals surface area contributed by atoms with E-state index in [-0.39, 0.29) is 30.0 Å². The lowest BCUT2D eigenvalue weighted by Crippen LogP contribution is -2.10. The lowest BCUT2D eigenvalue weighted by Gasteiger charge is -2.12. The van der Waals surface area contributed by atoms with Crippen LogP contribution in [0.5, 0.6) is 5.88 Å². The zero-order chi connectivity index (χ0) is 33.8. The number of imidazole rings is 1. The molecule has 0 unspecified atom stereocenters. The second-order valence-electron chi connectivity index (χ2n) is 11.0. The molecule has 6 aromatic rings. The van der Waals surface area contributed by atoms with E-state index in [0.29, 0.717) is 52.4 Å². The normalized spacial score (nSPS) is 11.1. The van der Waals surface area contributed by atoms with E-state index in [1.54, 1.807) is 61.4 Å². The lowest BCUT2D eigenvalue weighted by molar-refractivity contribution is 0.0601. The number of fused-ring (bicyclic) bond motifs is 1. The van der Waals surface area contributed by atoms with E-state index >= 15 is 4.39 Å². The van der Waals surface area contributed by atoms with Crippen LogP contribution in [0.4, 0.5) is 8.78 Å². The Balaban J connectivity index is 1.32. The van der Waals surface area contributed by atoms with Crippen LogP contribution >= 0.6 is 0 Å². The molecule has 0 amide bonds. The number of aromatic nitrogens is 5. The van der Waals surface area contributed by atoms with Gasteiger partial charge in [0.05, 0.1) is 53.8 Å². The zero-order valence-electron chi connectivity index (χ0n) is 26.4. The van der Waals surface area contributed by atoms with Crippen LogP contribution in [0.2, 0.25) is 0 Å². The number of hydrogen-bond donors (Lipinski definition) is 0. The average molecular weight is 649 g/mol. The predicted octanol–water partition coefficient (Wildman–Crippen LogP) is 6.25. The Hall–Kier alpha value is -5.93. The molecule has 3 heterocycles. The summed E-state index contributed by atoms with van der Waals surface area (Å²) in [6.07, 6.45) is 3.71. The highest BCUT2D eigenvalue weighted by Crippen LogP contribution is 2.31. The van der Waals surface area contributed by atoms with Crippen molar-refractivity contribution >= 4 is 17.0 Å². The van der Waals surface area contributed by atoms with Crippen LogP contribution in [0.25, 0.3) is 33.4 Å². The third-order valence-corrected chi connectivity index (χ3v) is 7.86. The van der Waals surface area contributed by atoms with Crippen LogP contribution in [0, 0.1) is 23.0 Å². The van der Waals surface area contributed by atoms with Gasteiger partial charge >= 0.3 is 5.97 Å². The van der Waals surface area contributed by atoms with Crippen molar-refractivity contribution in [1.82, 2.24) is 24.3 Å². The van der Waals surface area contributed by atoms with Gasteiger partial charge in [-0.2, -0.15) is 10.4 Å². The number of pyridine rings is 1. The van der Waals surface area contributed by atoms with Crippen molar-refractivity contribution < 1.29 is 27.8 Å². The summed E-state index contributed by atoms with van der Waals surface area (Å²) in [5, 5.41) is 13.3. The summed E-state index contributed by atoms with van der Waals surface area (Å²) in [6, 6.07) is 19.6. The molecule has 3 aromatic heterocycles. The van der Waals surface area contributed by atoms with Gasteiger partial charge in [0.15, 0.2) is 0 Å². The van der Waals surface area contributed by atoms with Crippen LogP contribution in [0.1, 0.15) is 32.9 Å². The fraction of sp³-hybridized carbons (Fsp3) is 0.194. The number of esters is 1. The molecule has 0 spiro atoms. The van der Waals surface area contributed by atoms with E-state index in [1.165, 1.54) is 25.3 Å². The molecular formula is C36H30F2N6O4. The number of hydrogen-bond acceptors (Lipinski definition) is 8. The zero-order valence-corrected chi connectivity index (χ0v) is 26.4. The van der Waals surface area contributed by atoms with Gasteiger partial charge in [0.25, 0.3) is 0 Å². The van der Waals surface area contributed by atoms with Crippen molar-refractivity contribution in [2.24, 2.45) is 7.05 Å². The minimum absolute atomic E-state index is 0.126. The van der Waals surface area contributed by atoms with Crippen molar-refractivity contribution in [1.29, 1.82) is 5.26 Å². The Morgan fingerprint density at radius 2 is 1.73 bits per heavy atom. The molecule has 0 radical (unpaired) electrons. The van der Waals surface area contributed by atoms with Crippen LogP contribution in [-0.4, -0.2) is 51.1 Å². The van der Waals surface area contributed by atoms with Gasteiger partial charge in [0.2, 0.25) is 5.88 Å². The van der Waals surface area contributed by atoms with Gasteiger partial charge in [-0.25, -0.2) is 23.5 Å². The number of rotatable bonds is 11. The molecule has 0 N–H and O–H groups in total. The summed E-state index contributed by atoms with van der Waals surface area (Å²) in [6.45, 7) is 0.718. The topological polar surface area (TPSA) is 117 Å². The Morgan fingerprint density at radius 1 is 0.917 bits per heavy atom. The van der Waals surface area contributed by atoms with E-state index in [2.05, 4.69) is 10.1 Å². The van der Waals surface area contributed by atoms with Gasteiger partial charge in [0, 0.05) is 56.1 Å². The standard InChI is InChI=1S/C36H30F2N6O4/c1-43-20-28(19-40-43)27-14-32(42-35(17-27)48-21-26-5-4-22(18-39)12-29(26)37)24-7-6-23(30(38)13-24)16-34-41-31-9-8-25(36(45)47-3)15-33(31)44(34)10-11-46-2/h4-9,12-15,17,19-20H,10-11,16,21H2,1-3H3. The van der Waals surface area contributed by atoms with Gasteiger partial charge in [-0.05, 0) is 53.6 Å². The third-order valence-electron chi connectivity index (χ3n) is 7.86. The monoisotopic (exact) mass is 648 g/mol. The van der Waals surface area contributed by atoms with Crippen LogP contribution in [0.15, 0.2) is 79.1 Å².